The third-order valence-corrected chi connectivity index (χ3v) is 1.96. The first-order valence-corrected chi connectivity index (χ1v) is 5.45. The van der Waals surface area contributed by atoms with Gasteiger partial charge in [0.2, 0.25) is 16.0 Å². The number of nitrogens with one attached hydrogen (secondary N) is 1. The minimum Gasteiger partial charge on any atom is -0.266 e. The fourth-order valence-electron chi connectivity index (χ4n) is 0.666. The lowest BCUT2D eigenvalue weighted by Gasteiger charge is -2.03. The maximum Gasteiger partial charge on any atom is 0.231 e. The van der Waals surface area contributed by atoms with E-state index in [1.807, 2.05) is 4.72 Å². The Kier molecular flexibility index (Phi) is 2.72. The summed E-state index contributed by atoms with van der Waals surface area (Å²) in [5, 5.41) is 0.0480. The van der Waals surface area contributed by atoms with Gasteiger partial charge >= 0.3 is 0 Å². The molecule has 72 valence electrons. The molecule has 0 radical (unpaired) electrons. The largest absolute Gasteiger partial charge is 0.266 e. The van der Waals surface area contributed by atoms with Crippen LogP contribution in [-0.4, -0.2) is 19.7 Å². The van der Waals surface area contributed by atoms with Gasteiger partial charge in [0.25, 0.3) is 0 Å². The minimum absolute atomic E-state index is 0.0480. The van der Waals surface area contributed by atoms with Crippen molar-refractivity contribution in [3.8, 4) is 0 Å². The standard InChI is InChI=1S/C6H6ClFN2O2S/c1-13(11,12)10-6-4(7)2-3-5(8)9-6/h2-3H,1H3,(H,9,10). The number of hydrogen-bond donors (Lipinski definition) is 1. The van der Waals surface area contributed by atoms with Crippen LogP contribution in [0.3, 0.4) is 0 Å². The molecule has 0 bridgehead atoms. The average molecular weight is 225 g/mol. The van der Waals surface area contributed by atoms with Gasteiger partial charge in [0, 0.05) is 0 Å². The number of rotatable bonds is 2. The Hall–Kier alpha value is -0.880. The topological polar surface area (TPSA) is 59.1 Å². The van der Waals surface area contributed by atoms with Crippen LogP contribution in [0.2, 0.25) is 5.02 Å². The summed E-state index contributed by atoms with van der Waals surface area (Å²) in [4.78, 5) is 3.27. The van der Waals surface area contributed by atoms with Crippen molar-refractivity contribution in [3.05, 3.63) is 23.1 Å². The number of aromatic nitrogens is 1. The van der Waals surface area contributed by atoms with Crippen LogP contribution in [0.5, 0.6) is 0 Å². The molecule has 1 aromatic heterocycles. The molecule has 7 heteroatoms. The number of pyridine rings is 1. The van der Waals surface area contributed by atoms with E-state index in [0.717, 1.165) is 12.3 Å². The summed E-state index contributed by atoms with van der Waals surface area (Å²) < 4.78 is 36.0. The molecule has 0 amide bonds. The molecule has 0 unspecified atom stereocenters. The van der Waals surface area contributed by atoms with Gasteiger partial charge in [-0.05, 0) is 12.1 Å². The van der Waals surface area contributed by atoms with Gasteiger partial charge in [-0.3, -0.25) is 4.72 Å². The monoisotopic (exact) mass is 224 g/mol. The second kappa shape index (κ2) is 3.47. The Morgan fingerprint density at radius 1 is 1.54 bits per heavy atom. The van der Waals surface area contributed by atoms with Gasteiger partial charge in [-0.15, -0.1) is 0 Å². The molecule has 0 fully saturated rings. The van der Waals surface area contributed by atoms with Crippen molar-refractivity contribution < 1.29 is 12.8 Å². The fourth-order valence-corrected chi connectivity index (χ4v) is 1.38. The number of sulfonamides is 1. The SMILES string of the molecule is CS(=O)(=O)Nc1nc(F)ccc1Cl. The first-order chi connectivity index (χ1) is 5.88. The minimum atomic E-state index is -3.48. The molecule has 1 N–H and O–H groups in total. The summed E-state index contributed by atoms with van der Waals surface area (Å²) in [5.74, 6) is -1.00. The Morgan fingerprint density at radius 3 is 2.69 bits per heavy atom. The average Bonchev–Trinajstić information content (AvgIpc) is 1.94. The van der Waals surface area contributed by atoms with E-state index in [9.17, 15) is 12.8 Å². The predicted molar refractivity (Wildman–Crippen MR) is 47.7 cm³/mol. The van der Waals surface area contributed by atoms with Gasteiger partial charge in [-0.2, -0.15) is 4.39 Å². The molecule has 0 aliphatic rings. The highest BCUT2D eigenvalue weighted by Crippen LogP contribution is 2.19. The molecular formula is C6H6ClFN2O2S. The lowest BCUT2D eigenvalue weighted by atomic mass is 10.5. The summed E-state index contributed by atoms with van der Waals surface area (Å²) in [6.07, 6.45) is 0.927. The molecule has 0 saturated carbocycles. The summed E-state index contributed by atoms with van der Waals surface area (Å²) in [6.45, 7) is 0. The van der Waals surface area contributed by atoms with Gasteiger partial charge < -0.3 is 0 Å². The van der Waals surface area contributed by atoms with E-state index in [2.05, 4.69) is 4.98 Å². The van der Waals surface area contributed by atoms with E-state index >= 15 is 0 Å². The summed E-state index contributed by atoms with van der Waals surface area (Å²) >= 11 is 5.55. The van der Waals surface area contributed by atoms with Crippen LogP contribution >= 0.6 is 11.6 Å². The molecule has 0 aliphatic carbocycles. The Morgan fingerprint density at radius 2 is 2.15 bits per heavy atom. The van der Waals surface area contributed by atoms with Gasteiger partial charge in [0.05, 0.1) is 11.3 Å². The highest BCUT2D eigenvalue weighted by Gasteiger charge is 2.08. The van der Waals surface area contributed by atoms with Crippen molar-refractivity contribution in [1.82, 2.24) is 4.98 Å². The van der Waals surface area contributed by atoms with E-state index < -0.39 is 16.0 Å². The number of nitrogens with zero attached hydrogens (tertiary/aromatic N) is 1. The van der Waals surface area contributed by atoms with Gasteiger partial charge in [-0.1, -0.05) is 11.6 Å². The highest BCUT2D eigenvalue weighted by molar-refractivity contribution is 7.92. The molecule has 1 heterocycles. The van der Waals surface area contributed by atoms with Crippen molar-refractivity contribution in [2.75, 3.05) is 11.0 Å². The molecule has 1 rings (SSSR count). The zero-order valence-electron chi connectivity index (χ0n) is 6.58. The molecular weight excluding hydrogens is 219 g/mol. The molecule has 13 heavy (non-hydrogen) atoms. The molecule has 0 saturated heterocycles. The summed E-state index contributed by atoms with van der Waals surface area (Å²) in [7, 11) is -3.48. The van der Waals surface area contributed by atoms with Crippen LogP contribution in [0.15, 0.2) is 12.1 Å². The van der Waals surface area contributed by atoms with Crippen LogP contribution in [0.1, 0.15) is 0 Å². The van der Waals surface area contributed by atoms with Crippen molar-refractivity contribution in [2.24, 2.45) is 0 Å². The zero-order valence-corrected chi connectivity index (χ0v) is 8.16. The lowest BCUT2D eigenvalue weighted by Crippen LogP contribution is -2.11. The molecule has 0 spiro atoms. The van der Waals surface area contributed by atoms with Crippen molar-refractivity contribution >= 4 is 27.4 Å². The molecule has 0 aromatic carbocycles. The van der Waals surface area contributed by atoms with E-state index in [4.69, 9.17) is 11.6 Å². The highest BCUT2D eigenvalue weighted by atomic mass is 35.5. The zero-order chi connectivity index (χ0) is 10.1. The second-order valence-electron chi connectivity index (χ2n) is 2.34. The van der Waals surface area contributed by atoms with Crippen molar-refractivity contribution in [2.45, 2.75) is 0 Å². The smallest absolute Gasteiger partial charge is 0.231 e. The van der Waals surface area contributed by atoms with Gasteiger partial charge in [0.1, 0.15) is 0 Å². The van der Waals surface area contributed by atoms with Crippen LogP contribution in [0, 0.1) is 5.95 Å². The third kappa shape index (κ3) is 3.16. The lowest BCUT2D eigenvalue weighted by molar-refractivity contribution is 0.585. The first-order valence-electron chi connectivity index (χ1n) is 3.18. The summed E-state index contributed by atoms with van der Waals surface area (Å²) in [6, 6.07) is 2.26. The van der Waals surface area contributed by atoms with E-state index in [1.54, 1.807) is 0 Å². The summed E-state index contributed by atoms with van der Waals surface area (Å²) in [5.41, 5.74) is 0. The fraction of sp³-hybridized carbons (Fsp3) is 0.167. The molecule has 1 aromatic rings. The first kappa shape index (κ1) is 10.2. The van der Waals surface area contributed by atoms with Gasteiger partial charge in [-0.25, -0.2) is 13.4 Å². The normalized spacial score (nSPS) is 11.3. The maximum absolute atomic E-state index is 12.5. The van der Waals surface area contributed by atoms with Crippen LogP contribution in [0.25, 0.3) is 0 Å². The molecule has 0 aliphatic heterocycles. The van der Waals surface area contributed by atoms with E-state index in [-0.39, 0.29) is 10.8 Å². The second-order valence-corrected chi connectivity index (χ2v) is 4.49. The molecule has 0 atom stereocenters. The quantitative estimate of drug-likeness (QED) is 0.769. The Bertz CT molecular complexity index is 421. The predicted octanol–water partition coefficient (Wildman–Crippen LogP) is 1.25. The van der Waals surface area contributed by atoms with Crippen LogP contribution in [0.4, 0.5) is 10.2 Å². The van der Waals surface area contributed by atoms with Crippen LogP contribution in [-0.2, 0) is 10.0 Å². The maximum atomic E-state index is 12.5. The van der Waals surface area contributed by atoms with Crippen LogP contribution < -0.4 is 4.72 Å². The number of hydrogen-bond acceptors (Lipinski definition) is 3. The number of halogens is 2. The number of anilines is 1. The van der Waals surface area contributed by atoms with E-state index in [1.165, 1.54) is 6.07 Å². The van der Waals surface area contributed by atoms with E-state index in [0.29, 0.717) is 0 Å². The Labute approximate surface area is 79.8 Å². The Balaban J connectivity index is 3.08. The van der Waals surface area contributed by atoms with Crippen molar-refractivity contribution in [3.63, 3.8) is 0 Å². The third-order valence-electron chi connectivity index (χ3n) is 1.09. The molecule has 4 nitrogen and oxygen atoms in total. The van der Waals surface area contributed by atoms with Crippen molar-refractivity contribution in [1.29, 1.82) is 0 Å². The van der Waals surface area contributed by atoms with Gasteiger partial charge in [0.15, 0.2) is 5.82 Å².